The van der Waals surface area contributed by atoms with Crippen molar-refractivity contribution in [3.05, 3.63) is 11.6 Å². The van der Waals surface area contributed by atoms with E-state index in [-0.39, 0.29) is 6.42 Å². The van der Waals surface area contributed by atoms with Gasteiger partial charge in [-0.15, -0.1) is 0 Å². The minimum absolute atomic E-state index is 0.288. The summed E-state index contributed by atoms with van der Waals surface area (Å²) in [6.45, 7) is 11.1. The quantitative estimate of drug-likeness (QED) is 0.384. The Morgan fingerprint density at radius 1 is 1.00 bits per heavy atom. The zero-order chi connectivity index (χ0) is 22.6. The van der Waals surface area contributed by atoms with E-state index in [0.29, 0.717) is 22.7 Å². The summed E-state index contributed by atoms with van der Waals surface area (Å²) in [5.41, 5.74) is 2.51. The molecular formula is C28H45F3. The number of hydrogen-bond donors (Lipinski definition) is 0. The zero-order valence-corrected chi connectivity index (χ0v) is 20.5. The Kier molecular flexibility index (Phi) is 6.41. The summed E-state index contributed by atoms with van der Waals surface area (Å²) in [4.78, 5) is 0. The first-order valence-corrected chi connectivity index (χ1v) is 13.2. The molecule has 4 aliphatic rings. The summed E-state index contributed by atoms with van der Waals surface area (Å²) in [7, 11) is 0. The van der Waals surface area contributed by atoms with Crippen molar-refractivity contribution in [2.75, 3.05) is 0 Å². The number of fused-ring (bicyclic) bond motifs is 5. The fourth-order valence-electron chi connectivity index (χ4n) is 8.97. The van der Waals surface area contributed by atoms with Crippen molar-refractivity contribution in [1.82, 2.24) is 0 Å². The lowest BCUT2D eigenvalue weighted by atomic mass is 9.48. The van der Waals surface area contributed by atoms with Gasteiger partial charge in [-0.05, 0) is 104 Å². The maximum atomic E-state index is 13.0. The van der Waals surface area contributed by atoms with Crippen LogP contribution < -0.4 is 0 Å². The number of halogens is 3. The van der Waals surface area contributed by atoms with Crippen molar-refractivity contribution < 1.29 is 13.2 Å². The van der Waals surface area contributed by atoms with Crippen LogP contribution in [0.2, 0.25) is 0 Å². The van der Waals surface area contributed by atoms with Crippen LogP contribution in [0.5, 0.6) is 0 Å². The van der Waals surface area contributed by atoms with Crippen molar-refractivity contribution in [3.8, 4) is 0 Å². The number of hydrogen-bond acceptors (Lipinski definition) is 0. The molecule has 3 saturated carbocycles. The first-order chi connectivity index (χ1) is 14.5. The maximum absolute atomic E-state index is 13.0. The van der Waals surface area contributed by atoms with Crippen LogP contribution >= 0.6 is 0 Å². The van der Waals surface area contributed by atoms with E-state index < -0.39 is 12.1 Å². The molecule has 8 unspecified atom stereocenters. The van der Waals surface area contributed by atoms with Crippen LogP contribution in [-0.2, 0) is 0 Å². The summed E-state index contributed by atoms with van der Waals surface area (Å²) in [6.07, 6.45) is 11.5. The van der Waals surface area contributed by atoms with Crippen LogP contribution in [0.4, 0.5) is 13.2 Å². The van der Waals surface area contributed by atoms with Gasteiger partial charge in [-0.2, -0.15) is 13.2 Å². The van der Waals surface area contributed by atoms with Crippen LogP contribution in [0, 0.1) is 52.3 Å². The smallest absolute Gasteiger partial charge is 0.171 e. The highest BCUT2D eigenvalue weighted by atomic mass is 19.4. The van der Waals surface area contributed by atoms with Crippen molar-refractivity contribution in [1.29, 1.82) is 0 Å². The normalized spacial score (nSPS) is 45.0. The second-order valence-corrected chi connectivity index (χ2v) is 12.7. The molecule has 178 valence electrons. The van der Waals surface area contributed by atoms with Crippen molar-refractivity contribution in [2.45, 2.75) is 111 Å². The van der Waals surface area contributed by atoms with E-state index in [4.69, 9.17) is 0 Å². The Morgan fingerprint density at radius 3 is 2.45 bits per heavy atom. The van der Waals surface area contributed by atoms with Gasteiger partial charge in [0.05, 0.1) is 5.92 Å². The number of alkyl halides is 3. The Labute approximate surface area is 188 Å². The molecule has 9 atom stereocenters. The Balaban J connectivity index is 1.49. The van der Waals surface area contributed by atoms with Crippen LogP contribution in [0.15, 0.2) is 11.6 Å². The van der Waals surface area contributed by atoms with Crippen LogP contribution in [0.3, 0.4) is 0 Å². The molecule has 3 heteroatoms. The molecule has 0 spiro atoms. The minimum atomic E-state index is -4.04. The Bertz CT molecular complexity index is 678. The molecule has 0 radical (unpaired) electrons. The van der Waals surface area contributed by atoms with Crippen LogP contribution in [0.1, 0.15) is 105 Å². The number of allylic oxidation sites excluding steroid dienone is 2. The van der Waals surface area contributed by atoms with Gasteiger partial charge in [0.25, 0.3) is 0 Å². The van der Waals surface area contributed by atoms with Crippen molar-refractivity contribution >= 4 is 0 Å². The number of rotatable bonds is 4. The Morgan fingerprint density at radius 2 is 1.74 bits per heavy atom. The van der Waals surface area contributed by atoms with E-state index in [0.717, 1.165) is 30.1 Å². The van der Waals surface area contributed by atoms with Crippen molar-refractivity contribution in [2.24, 2.45) is 52.3 Å². The lowest BCUT2D eigenvalue weighted by molar-refractivity contribution is -0.172. The molecular weight excluding hydrogens is 393 g/mol. The standard InChI is InChI=1S/C28H45F3/c1-18-7-6-15-26(4)21(17-18)10-11-22-24-13-12-23(27(24,5)16-14-25(22)26)19(2)8-9-20(3)28(29,30)31/h10,18-20,22-25H,6-9,11-17H2,1-5H3/t18?,19-,20?,22?,23?,24?,25?,26?,27?/m1/s1. The van der Waals surface area contributed by atoms with Gasteiger partial charge in [0, 0.05) is 0 Å². The largest absolute Gasteiger partial charge is 0.391 e. The fourth-order valence-corrected chi connectivity index (χ4v) is 8.97. The van der Waals surface area contributed by atoms with E-state index in [1.54, 1.807) is 5.57 Å². The average molecular weight is 439 g/mol. The molecule has 4 rings (SSSR count). The average Bonchev–Trinajstić information content (AvgIpc) is 2.96. The van der Waals surface area contributed by atoms with Crippen molar-refractivity contribution in [3.63, 3.8) is 0 Å². The van der Waals surface area contributed by atoms with Gasteiger partial charge >= 0.3 is 6.18 Å². The van der Waals surface area contributed by atoms with Gasteiger partial charge in [0.2, 0.25) is 0 Å². The Hall–Kier alpha value is -0.470. The van der Waals surface area contributed by atoms with Gasteiger partial charge in [-0.1, -0.05) is 59.1 Å². The predicted octanol–water partition coefficient (Wildman–Crippen LogP) is 9.21. The van der Waals surface area contributed by atoms with E-state index in [1.807, 2.05) is 0 Å². The van der Waals surface area contributed by atoms with E-state index in [1.165, 1.54) is 64.7 Å². The lowest BCUT2D eigenvalue weighted by Crippen LogP contribution is -2.49. The third-order valence-electron chi connectivity index (χ3n) is 11.0. The molecule has 0 saturated heterocycles. The highest BCUT2D eigenvalue weighted by molar-refractivity contribution is 5.24. The molecule has 0 aliphatic heterocycles. The fraction of sp³-hybridized carbons (Fsp3) is 0.929. The highest BCUT2D eigenvalue weighted by Gasteiger charge is 2.58. The third-order valence-corrected chi connectivity index (χ3v) is 11.0. The monoisotopic (exact) mass is 438 g/mol. The maximum Gasteiger partial charge on any atom is 0.391 e. The molecule has 0 aromatic rings. The SMILES string of the molecule is CC1CCCC2(C)C(=CCC3C2CCC2(C)C3CCC2[C@H](C)CCC(C)C(F)(F)F)C1. The second-order valence-electron chi connectivity index (χ2n) is 12.7. The van der Waals surface area contributed by atoms with Gasteiger partial charge in [0.15, 0.2) is 0 Å². The van der Waals surface area contributed by atoms with Gasteiger partial charge in [-0.25, -0.2) is 0 Å². The molecule has 0 heterocycles. The van der Waals surface area contributed by atoms with Gasteiger partial charge in [-0.3, -0.25) is 0 Å². The van der Waals surface area contributed by atoms with Crippen LogP contribution in [0.25, 0.3) is 0 Å². The van der Waals surface area contributed by atoms with E-state index in [2.05, 4.69) is 33.8 Å². The molecule has 31 heavy (non-hydrogen) atoms. The molecule has 0 nitrogen and oxygen atoms in total. The van der Waals surface area contributed by atoms with E-state index in [9.17, 15) is 13.2 Å². The predicted molar refractivity (Wildman–Crippen MR) is 123 cm³/mol. The first kappa shape index (κ1) is 23.7. The minimum Gasteiger partial charge on any atom is -0.171 e. The second kappa shape index (κ2) is 8.39. The summed E-state index contributed by atoms with van der Waals surface area (Å²) < 4.78 is 39.1. The first-order valence-electron chi connectivity index (χ1n) is 13.2. The van der Waals surface area contributed by atoms with E-state index >= 15 is 0 Å². The summed E-state index contributed by atoms with van der Waals surface area (Å²) in [5, 5.41) is 0. The topological polar surface area (TPSA) is 0 Å². The molecule has 4 aliphatic carbocycles. The molecule has 0 aromatic heterocycles. The third kappa shape index (κ3) is 4.14. The molecule has 0 N–H and O–H groups in total. The van der Waals surface area contributed by atoms with Crippen LogP contribution in [-0.4, -0.2) is 6.18 Å². The molecule has 0 aromatic carbocycles. The van der Waals surface area contributed by atoms with Gasteiger partial charge < -0.3 is 0 Å². The molecule has 0 amide bonds. The summed E-state index contributed by atoms with van der Waals surface area (Å²) >= 11 is 0. The lowest BCUT2D eigenvalue weighted by Gasteiger charge is -2.57. The zero-order valence-electron chi connectivity index (χ0n) is 20.5. The molecule has 3 fully saturated rings. The molecule has 0 bridgehead atoms. The summed E-state index contributed by atoms with van der Waals surface area (Å²) in [5.74, 6) is 3.06. The highest BCUT2D eigenvalue weighted by Crippen LogP contribution is 2.67. The van der Waals surface area contributed by atoms with Gasteiger partial charge in [0.1, 0.15) is 0 Å². The summed E-state index contributed by atoms with van der Waals surface area (Å²) in [6, 6.07) is 0.